The molecule has 0 bridgehead atoms. The molecule has 0 aliphatic heterocycles. The molecular weight excluding hydrogens is 389 g/mol. The summed E-state index contributed by atoms with van der Waals surface area (Å²) >= 11 is 1.20. The number of benzene rings is 2. The average molecular weight is 407 g/mol. The topological polar surface area (TPSA) is 64.0 Å². The lowest BCUT2D eigenvalue weighted by atomic mass is 10.2. The summed E-state index contributed by atoms with van der Waals surface area (Å²) in [5.74, 6) is -0.595. The molecule has 0 aliphatic carbocycles. The van der Waals surface area contributed by atoms with Gasteiger partial charge in [0.05, 0.1) is 23.1 Å². The molecular formula is C22H18FN3O2S. The molecule has 29 heavy (non-hydrogen) atoms. The van der Waals surface area contributed by atoms with Crippen LogP contribution in [0.5, 0.6) is 0 Å². The predicted octanol–water partition coefficient (Wildman–Crippen LogP) is 3.88. The number of carbonyl (C=O) groups is 1. The van der Waals surface area contributed by atoms with Crippen LogP contribution in [-0.2, 0) is 13.1 Å². The lowest BCUT2D eigenvalue weighted by molar-refractivity contribution is 0.0954. The first-order chi connectivity index (χ1) is 14.0. The number of halogens is 1. The minimum atomic E-state index is -0.321. The molecule has 4 rings (SSSR count). The van der Waals surface area contributed by atoms with E-state index in [0.717, 1.165) is 11.1 Å². The second-order valence-corrected chi connectivity index (χ2v) is 7.71. The van der Waals surface area contributed by atoms with Gasteiger partial charge in [-0.2, -0.15) is 0 Å². The van der Waals surface area contributed by atoms with Crippen molar-refractivity contribution < 1.29 is 9.18 Å². The summed E-state index contributed by atoms with van der Waals surface area (Å²) < 4.78 is 14.6. The maximum Gasteiger partial charge on any atom is 0.262 e. The van der Waals surface area contributed by atoms with Gasteiger partial charge in [0.15, 0.2) is 0 Å². The fourth-order valence-corrected chi connectivity index (χ4v) is 4.19. The Morgan fingerprint density at radius 2 is 1.83 bits per heavy atom. The Bertz CT molecular complexity index is 1230. The summed E-state index contributed by atoms with van der Waals surface area (Å²) in [5, 5.41) is 3.30. The lowest BCUT2D eigenvalue weighted by Crippen LogP contribution is -2.23. The van der Waals surface area contributed by atoms with Crippen LogP contribution in [-0.4, -0.2) is 15.5 Å². The van der Waals surface area contributed by atoms with E-state index in [1.54, 1.807) is 23.6 Å². The highest BCUT2D eigenvalue weighted by Crippen LogP contribution is 2.26. The van der Waals surface area contributed by atoms with Crippen LogP contribution in [0.3, 0.4) is 0 Å². The third-order valence-electron chi connectivity index (χ3n) is 4.69. The van der Waals surface area contributed by atoms with Crippen LogP contribution in [0.25, 0.3) is 10.2 Å². The highest BCUT2D eigenvalue weighted by molar-refractivity contribution is 7.20. The first-order valence-electron chi connectivity index (χ1n) is 9.08. The molecule has 0 unspecified atom stereocenters. The first kappa shape index (κ1) is 19.0. The molecule has 1 N–H and O–H groups in total. The van der Waals surface area contributed by atoms with Crippen LogP contribution in [0, 0.1) is 12.7 Å². The largest absolute Gasteiger partial charge is 0.347 e. The molecule has 0 atom stereocenters. The molecule has 2 aromatic heterocycles. The van der Waals surface area contributed by atoms with Crippen LogP contribution in [0.1, 0.15) is 26.4 Å². The third kappa shape index (κ3) is 3.95. The Hall–Kier alpha value is -3.32. The van der Waals surface area contributed by atoms with Crippen LogP contribution in [0.15, 0.2) is 65.7 Å². The van der Waals surface area contributed by atoms with Gasteiger partial charge in [-0.15, -0.1) is 11.3 Å². The Balaban J connectivity index is 1.60. The minimum Gasteiger partial charge on any atom is -0.347 e. The minimum absolute atomic E-state index is 0.162. The number of fused-ring (bicyclic) bond motifs is 1. The van der Waals surface area contributed by atoms with Crippen molar-refractivity contribution in [2.24, 2.45) is 0 Å². The van der Waals surface area contributed by atoms with Gasteiger partial charge in [0.25, 0.3) is 11.5 Å². The highest BCUT2D eigenvalue weighted by Gasteiger charge is 2.19. The maximum atomic E-state index is 13.0. The third-order valence-corrected chi connectivity index (χ3v) is 5.88. The zero-order chi connectivity index (χ0) is 20.4. The Morgan fingerprint density at radius 1 is 1.10 bits per heavy atom. The van der Waals surface area contributed by atoms with E-state index in [0.29, 0.717) is 27.2 Å². The number of hydrogen-bond donors (Lipinski definition) is 1. The Labute approximate surface area is 170 Å². The summed E-state index contributed by atoms with van der Waals surface area (Å²) in [6.07, 6.45) is 1.52. The Kier molecular flexibility index (Phi) is 5.22. The summed E-state index contributed by atoms with van der Waals surface area (Å²) in [6, 6.07) is 15.6. The van der Waals surface area contributed by atoms with Crippen molar-refractivity contribution in [3.8, 4) is 0 Å². The first-order valence-corrected chi connectivity index (χ1v) is 9.89. The second kappa shape index (κ2) is 7.97. The van der Waals surface area contributed by atoms with Crippen molar-refractivity contribution in [2.75, 3.05) is 0 Å². The van der Waals surface area contributed by atoms with E-state index < -0.39 is 0 Å². The summed E-state index contributed by atoms with van der Waals surface area (Å²) in [7, 11) is 0. The van der Waals surface area contributed by atoms with E-state index >= 15 is 0 Å². The monoisotopic (exact) mass is 407 g/mol. The molecule has 7 heteroatoms. The maximum absolute atomic E-state index is 13.0. The van der Waals surface area contributed by atoms with Crippen molar-refractivity contribution in [1.82, 2.24) is 14.9 Å². The zero-order valence-corrected chi connectivity index (χ0v) is 16.5. The van der Waals surface area contributed by atoms with Gasteiger partial charge in [0.1, 0.15) is 10.6 Å². The van der Waals surface area contributed by atoms with Gasteiger partial charge in [-0.25, -0.2) is 9.37 Å². The molecule has 0 radical (unpaired) electrons. The van der Waals surface area contributed by atoms with Crippen molar-refractivity contribution in [3.63, 3.8) is 0 Å². The van der Waals surface area contributed by atoms with Gasteiger partial charge in [0.2, 0.25) is 0 Å². The van der Waals surface area contributed by atoms with Gasteiger partial charge >= 0.3 is 0 Å². The van der Waals surface area contributed by atoms with Gasteiger partial charge in [0, 0.05) is 6.54 Å². The molecule has 146 valence electrons. The van der Waals surface area contributed by atoms with E-state index in [1.165, 1.54) is 29.8 Å². The molecule has 2 heterocycles. The molecule has 0 fully saturated rings. The van der Waals surface area contributed by atoms with Gasteiger partial charge in [-0.05, 0) is 35.7 Å². The molecule has 4 aromatic rings. The highest BCUT2D eigenvalue weighted by atomic mass is 32.1. The number of rotatable bonds is 5. The number of nitrogens with one attached hydrogen (secondary N) is 1. The van der Waals surface area contributed by atoms with Gasteiger partial charge in [-0.1, -0.05) is 42.5 Å². The van der Waals surface area contributed by atoms with E-state index in [2.05, 4.69) is 10.3 Å². The van der Waals surface area contributed by atoms with Gasteiger partial charge < -0.3 is 5.32 Å². The van der Waals surface area contributed by atoms with Crippen molar-refractivity contribution in [2.45, 2.75) is 20.0 Å². The number of aryl methyl sites for hydroxylation is 1. The quantitative estimate of drug-likeness (QED) is 0.546. The number of aromatic nitrogens is 2. The molecule has 0 saturated carbocycles. The molecule has 0 spiro atoms. The summed E-state index contributed by atoms with van der Waals surface area (Å²) in [5.41, 5.74) is 2.26. The second-order valence-electron chi connectivity index (χ2n) is 6.71. The molecule has 0 aliphatic rings. The normalized spacial score (nSPS) is 11.0. The van der Waals surface area contributed by atoms with E-state index in [1.807, 2.05) is 30.3 Å². The average Bonchev–Trinajstić information content (AvgIpc) is 3.07. The number of carbonyl (C=O) groups excluding carboxylic acids is 1. The standard InChI is InChI=1S/C22H18FN3O2S/c1-14-18-21(25-13-26(22(18)28)12-16-5-3-2-4-6-16)29-19(14)20(27)24-11-15-7-9-17(23)10-8-15/h2-10,13H,11-12H2,1H3,(H,24,27). The number of thiophene rings is 1. The number of amides is 1. The molecule has 2 aromatic carbocycles. The van der Waals surface area contributed by atoms with Crippen LogP contribution < -0.4 is 10.9 Å². The van der Waals surface area contributed by atoms with E-state index in [9.17, 15) is 14.0 Å². The molecule has 0 saturated heterocycles. The summed E-state index contributed by atoms with van der Waals surface area (Å²) in [4.78, 5) is 31.0. The SMILES string of the molecule is Cc1c(C(=O)NCc2ccc(F)cc2)sc2ncn(Cc3ccccc3)c(=O)c12. The van der Waals surface area contributed by atoms with Gasteiger partial charge in [-0.3, -0.25) is 14.2 Å². The van der Waals surface area contributed by atoms with Crippen molar-refractivity contribution in [3.05, 3.63) is 98.7 Å². The van der Waals surface area contributed by atoms with Crippen LogP contribution in [0.2, 0.25) is 0 Å². The fraction of sp³-hybridized carbons (Fsp3) is 0.136. The summed E-state index contributed by atoms with van der Waals surface area (Å²) in [6.45, 7) is 2.46. The smallest absolute Gasteiger partial charge is 0.262 e. The van der Waals surface area contributed by atoms with E-state index in [4.69, 9.17) is 0 Å². The Morgan fingerprint density at radius 3 is 2.55 bits per heavy atom. The molecule has 5 nitrogen and oxygen atoms in total. The predicted molar refractivity (Wildman–Crippen MR) is 112 cm³/mol. The lowest BCUT2D eigenvalue weighted by Gasteiger charge is -2.06. The van der Waals surface area contributed by atoms with Crippen LogP contribution in [0.4, 0.5) is 4.39 Å². The van der Waals surface area contributed by atoms with Crippen molar-refractivity contribution in [1.29, 1.82) is 0 Å². The fourth-order valence-electron chi connectivity index (χ4n) is 3.13. The number of nitrogens with zero attached hydrogens (tertiary/aromatic N) is 2. The van der Waals surface area contributed by atoms with E-state index in [-0.39, 0.29) is 23.8 Å². The zero-order valence-electron chi connectivity index (χ0n) is 15.7. The number of hydrogen-bond acceptors (Lipinski definition) is 4. The molecule has 1 amide bonds. The van der Waals surface area contributed by atoms with Crippen LogP contribution >= 0.6 is 11.3 Å². The van der Waals surface area contributed by atoms with Crippen molar-refractivity contribution >= 4 is 27.5 Å².